The molecule has 0 unspecified atom stereocenters. The van der Waals surface area contributed by atoms with Gasteiger partial charge in [-0.25, -0.2) is 9.79 Å². The zero-order valence-electron chi connectivity index (χ0n) is 17.4. The van der Waals surface area contributed by atoms with Crippen molar-refractivity contribution in [3.8, 4) is 11.5 Å². The molecule has 0 fully saturated rings. The van der Waals surface area contributed by atoms with Crippen LogP contribution in [-0.4, -0.2) is 25.1 Å². The summed E-state index contributed by atoms with van der Waals surface area (Å²) < 4.78 is 17.8. The SMILES string of the molecule is CCCOc1c(Br)cc(/C=C2/N=C(c3cccc4ccccc34)OC2=O)cc1OCC. The van der Waals surface area contributed by atoms with E-state index in [4.69, 9.17) is 14.2 Å². The van der Waals surface area contributed by atoms with E-state index in [1.165, 1.54) is 0 Å². The van der Waals surface area contributed by atoms with Crippen molar-refractivity contribution >= 4 is 44.6 Å². The topological polar surface area (TPSA) is 57.1 Å². The maximum Gasteiger partial charge on any atom is 0.363 e. The second kappa shape index (κ2) is 9.35. The summed E-state index contributed by atoms with van der Waals surface area (Å²) in [7, 11) is 0. The zero-order valence-corrected chi connectivity index (χ0v) is 18.9. The summed E-state index contributed by atoms with van der Waals surface area (Å²) in [6, 6.07) is 17.5. The van der Waals surface area contributed by atoms with Crippen molar-refractivity contribution in [1.29, 1.82) is 0 Å². The normalized spacial score (nSPS) is 14.6. The highest BCUT2D eigenvalue weighted by atomic mass is 79.9. The predicted molar refractivity (Wildman–Crippen MR) is 126 cm³/mol. The summed E-state index contributed by atoms with van der Waals surface area (Å²) in [5.74, 6) is 1.09. The number of carbonyl (C=O) groups excluding carboxylic acids is 1. The lowest BCUT2D eigenvalue weighted by molar-refractivity contribution is -0.129. The molecule has 3 aromatic carbocycles. The van der Waals surface area contributed by atoms with Crippen LogP contribution in [0, 0.1) is 0 Å². The third-order valence-corrected chi connectivity index (χ3v) is 5.32. The minimum atomic E-state index is -0.483. The highest BCUT2D eigenvalue weighted by molar-refractivity contribution is 9.10. The molecule has 6 heteroatoms. The maximum absolute atomic E-state index is 12.5. The van der Waals surface area contributed by atoms with Crippen molar-refractivity contribution in [3.63, 3.8) is 0 Å². The standard InChI is InChI=1S/C25H22BrNO4/c1-3-12-30-23-20(26)13-16(15-22(23)29-4-2)14-21-25(28)31-24(27-21)19-11-7-9-17-8-5-6-10-18(17)19/h5-11,13-15H,3-4,12H2,1-2H3/b21-14+. The highest BCUT2D eigenvalue weighted by Gasteiger charge is 2.25. The van der Waals surface area contributed by atoms with Gasteiger partial charge in [0.2, 0.25) is 5.90 Å². The molecule has 0 saturated carbocycles. The Morgan fingerprint density at radius 2 is 1.87 bits per heavy atom. The minimum Gasteiger partial charge on any atom is -0.490 e. The Balaban J connectivity index is 1.71. The number of halogens is 1. The molecule has 0 radical (unpaired) electrons. The number of aliphatic imine (C=N–C) groups is 1. The monoisotopic (exact) mass is 479 g/mol. The Kier molecular flexibility index (Phi) is 6.37. The molecule has 4 rings (SSSR count). The fraction of sp³-hybridized carbons (Fsp3) is 0.200. The number of fused-ring (bicyclic) bond motifs is 1. The molecule has 1 heterocycles. The molecule has 0 aliphatic carbocycles. The van der Waals surface area contributed by atoms with Gasteiger partial charge in [-0.3, -0.25) is 0 Å². The molecule has 0 N–H and O–H groups in total. The average Bonchev–Trinajstić information content (AvgIpc) is 3.13. The molecular weight excluding hydrogens is 458 g/mol. The number of benzene rings is 3. The first-order valence-corrected chi connectivity index (χ1v) is 11.0. The van der Waals surface area contributed by atoms with Crippen molar-refractivity contribution in [3.05, 3.63) is 75.9 Å². The van der Waals surface area contributed by atoms with Crippen LogP contribution >= 0.6 is 15.9 Å². The van der Waals surface area contributed by atoms with Crippen molar-refractivity contribution in [2.75, 3.05) is 13.2 Å². The molecule has 0 spiro atoms. The molecule has 3 aromatic rings. The van der Waals surface area contributed by atoms with E-state index >= 15 is 0 Å². The van der Waals surface area contributed by atoms with Crippen LogP contribution in [0.15, 0.2) is 69.8 Å². The van der Waals surface area contributed by atoms with Crippen LogP contribution in [0.25, 0.3) is 16.8 Å². The van der Waals surface area contributed by atoms with Gasteiger partial charge in [0.25, 0.3) is 0 Å². The molecule has 158 valence electrons. The van der Waals surface area contributed by atoms with Crippen molar-refractivity contribution in [1.82, 2.24) is 0 Å². The van der Waals surface area contributed by atoms with Crippen molar-refractivity contribution < 1.29 is 19.0 Å². The molecule has 0 atom stereocenters. The van der Waals surface area contributed by atoms with Gasteiger partial charge in [-0.1, -0.05) is 43.3 Å². The van der Waals surface area contributed by atoms with E-state index in [2.05, 4.69) is 20.9 Å². The number of esters is 1. The Morgan fingerprint density at radius 3 is 2.68 bits per heavy atom. The van der Waals surface area contributed by atoms with Gasteiger partial charge in [0.15, 0.2) is 17.2 Å². The lowest BCUT2D eigenvalue weighted by Crippen LogP contribution is -2.06. The Hall–Kier alpha value is -3.12. The van der Waals surface area contributed by atoms with E-state index < -0.39 is 5.97 Å². The molecule has 0 saturated heterocycles. The van der Waals surface area contributed by atoms with E-state index in [0.29, 0.717) is 30.6 Å². The first-order valence-electron chi connectivity index (χ1n) is 10.2. The van der Waals surface area contributed by atoms with Gasteiger partial charge in [-0.15, -0.1) is 0 Å². The second-order valence-electron chi connectivity index (χ2n) is 6.97. The predicted octanol–water partition coefficient (Wildman–Crippen LogP) is 6.13. The van der Waals surface area contributed by atoms with E-state index in [0.717, 1.165) is 32.8 Å². The van der Waals surface area contributed by atoms with E-state index in [1.807, 2.05) is 68.4 Å². The average molecular weight is 480 g/mol. The van der Waals surface area contributed by atoms with Crippen LogP contribution in [-0.2, 0) is 9.53 Å². The second-order valence-corrected chi connectivity index (χ2v) is 7.83. The molecule has 1 aliphatic rings. The summed E-state index contributed by atoms with van der Waals surface area (Å²) in [5, 5.41) is 2.04. The number of ether oxygens (including phenoxy) is 3. The summed E-state index contributed by atoms with van der Waals surface area (Å²) in [4.78, 5) is 17.0. The van der Waals surface area contributed by atoms with Gasteiger partial charge in [0.1, 0.15) is 0 Å². The molecule has 5 nitrogen and oxygen atoms in total. The number of carbonyl (C=O) groups is 1. The van der Waals surface area contributed by atoms with E-state index in [-0.39, 0.29) is 5.70 Å². The number of hydrogen-bond donors (Lipinski definition) is 0. The van der Waals surface area contributed by atoms with Crippen LogP contribution in [0.1, 0.15) is 31.4 Å². The fourth-order valence-corrected chi connectivity index (χ4v) is 3.95. The third-order valence-electron chi connectivity index (χ3n) is 4.73. The van der Waals surface area contributed by atoms with Crippen LogP contribution in [0.4, 0.5) is 0 Å². The van der Waals surface area contributed by atoms with Gasteiger partial charge in [0.05, 0.1) is 17.7 Å². The minimum absolute atomic E-state index is 0.236. The van der Waals surface area contributed by atoms with Crippen LogP contribution in [0.5, 0.6) is 11.5 Å². The lowest BCUT2D eigenvalue weighted by Gasteiger charge is -2.14. The van der Waals surface area contributed by atoms with Gasteiger partial charge >= 0.3 is 5.97 Å². The first kappa shape index (κ1) is 21.1. The largest absolute Gasteiger partial charge is 0.490 e. The number of nitrogens with zero attached hydrogens (tertiary/aromatic N) is 1. The van der Waals surface area contributed by atoms with Crippen molar-refractivity contribution in [2.45, 2.75) is 20.3 Å². The van der Waals surface area contributed by atoms with Gasteiger partial charge < -0.3 is 14.2 Å². The number of rotatable bonds is 7. The maximum atomic E-state index is 12.5. The highest BCUT2D eigenvalue weighted by Crippen LogP contribution is 2.38. The Bertz CT molecular complexity index is 1190. The van der Waals surface area contributed by atoms with Gasteiger partial charge in [-0.2, -0.15) is 0 Å². The number of cyclic esters (lactones) is 1. The van der Waals surface area contributed by atoms with Crippen LogP contribution < -0.4 is 9.47 Å². The first-order chi connectivity index (χ1) is 15.1. The van der Waals surface area contributed by atoms with E-state index in [1.54, 1.807) is 6.08 Å². The lowest BCUT2D eigenvalue weighted by atomic mass is 10.0. The summed E-state index contributed by atoms with van der Waals surface area (Å²) >= 11 is 3.55. The summed E-state index contributed by atoms with van der Waals surface area (Å²) in [6.45, 7) is 5.05. The molecule has 0 amide bonds. The molecule has 0 aromatic heterocycles. The Morgan fingerprint density at radius 1 is 1.06 bits per heavy atom. The van der Waals surface area contributed by atoms with E-state index in [9.17, 15) is 4.79 Å². The van der Waals surface area contributed by atoms with Crippen molar-refractivity contribution in [2.24, 2.45) is 4.99 Å². The summed E-state index contributed by atoms with van der Waals surface area (Å²) in [6.07, 6.45) is 2.58. The Labute approximate surface area is 189 Å². The fourth-order valence-electron chi connectivity index (χ4n) is 3.37. The smallest absolute Gasteiger partial charge is 0.363 e. The molecule has 0 bridgehead atoms. The molecule has 1 aliphatic heterocycles. The zero-order chi connectivity index (χ0) is 21.8. The van der Waals surface area contributed by atoms with Crippen LogP contribution in [0.3, 0.4) is 0 Å². The summed E-state index contributed by atoms with van der Waals surface area (Å²) in [5.41, 5.74) is 1.78. The number of hydrogen-bond acceptors (Lipinski definition) is 5. The van der Waals surface area contributed by atoms with Crippen LogP contribution in [0.2, 0.25) is 0 Å². The van der Waals surface area contributed by atoms with Gasteiger partial charge in [-0.05, 0) is 69.9 Å². The van der Waals surface area contributed by atoms with Gasteiger partial charge in [0, 0.05) is 5.56 Å². The third kappa shape index (κ3) is 4.49. The molecule has 31 heavy (non-hydrogen) atoms. The molecular formula is C25H22BrNO4. The quantitative estimate of drug-likeness (QED) is 0.301.